The Hall–Kier alpha value is -1.47. The highest BCUT2D eigenvalue weighted by molar-refractivity contribution is 7.89. The Morgan fingerprint density at radius 2 is 2.06 bits per heavy atom. The summed E-state index contributed by atoms with van der Waals surface area (Å²) < 4.78 is 38.9. The minimum absolute atomic E-state index is 0.0198. The van der Waals surface area contributed by atoms with Crippen LogP contribution in [-0.2, 0) is 14.8 Å². The Kier molecular flexibility index (Phi) is 3.36. The Bertz CT molecular complexity index is 573. The molecule has 1 unspecified atom stereocenters. The lowest BCUT2D eigenvalue weighted by Gasteiger charge is -2.16. The molecule has 0 spiro atoms. The van der Waals surface area contributed by atoms with Gasteiger partial charge in [0.25, 0.3) is 0 Å². The van der Waals surface area contributed by atoms with Crippen molar-refractivity contribution in [2.45, 2.75) is 11.3 Å². The summed E-state index contributed by atoms with van der Waals surface area (Å²) >= 11 is 0. The molecule has 18 heavy (non-hydrogen) atoms. The molecule has 0 aliphatic carbocycles. The molecular weight excluding hydrogens is 259 g/mol. The maximum atomic E-state index is 13.5. The number of hydrogen-bond donors (Lipinski definition) is 1. The van der Waals surface area contributed by atoms with Crippen LogP contribution in [0.1, 0.15) is 6.42 Å². The van der Waals surface area contributed by atoms with Crippen LogP contribution in [0.4, 0.5) is 4.39 Å². The normalized spacial score (nSPS) is 21.1. The quantitative estimate of drug-likeness (QED) is 0.860. The number of primary amides is 1. The number of hydrogen-bond acceptors (Lipinski definition) is 3. The van der Waals surface area contributed by atoms with Crippen molar-refractivity contribution >= 4 is 15.9 Å². The van der Waals surface area contributed by atoms with Gasteiger partial charge in [-0.05, 0) is 18.6 Å². The predicted molar refractivity (Wildman–Crippen MR) is 62.5 cm³/mol. The van der Waals surface area contributed by atoms with Crippen molar-refractivity contribution in [3.05, 3.63) is 30.1 Å². The van der Waals surface area contributed by atoms with E-state index in [2.05, 4.69) is 0 Å². The van der Waals surface area contributed by atoms with Gasteiger partial charge in [0.1, 0.15) is 10.7 Å². The van der Waals surface area contributed by atoms with Crippen molar-refractivity contribution < 1.29 is 17.6 Å². The summed E-state index contributed by atoms with van der Waals surface area (Å²) in [7, 11) is -3.89. The fourth-order valence-corrected chi connectivity index (χ4v) is 3.54. The van der Waals surface area contributed by atoms with Crippen LogP contribution in [0.2, 0.25) is 0 Å². The van der Waals surface area contributed by atoms with Crippen LogP contribution in [0.25, 0.3) is 0 Å². The van der Waals surface area contributed by atoms with E-state index < -0.39 is 27.7 Å². The van der Waals surface area contributed by atoms with E-state index in [1.54, 1.807) is 0 Å². The molecule has 1 aromatic rings. The second kappa shape index (κ2) is 4.66. The molecule has 98 valence electrons. The van der Waals surface area contributed by atoms with Gasteiger partial charge in [0.2, 0.25) is 15.9 Å². The van der Waals surface area contributed by atoms with Gasteiger partial charge >= 0.3 is 0 Å². The molecule has 1 fully saturated rings. The standard InChI is InChI=1S/C11H13FN2O3S/c12-9-3-1-2-4-10(9)18(16,17)14-6-5-8(7-14)11(13)15/h1-4,8H,5-7H2,(H2,13,15). The fraction of sp³-hybridized carbons (Fsp3) is 0.364. The van der Waals surface area contributed by atoms with Crippen molar-refractivity contribution in [2.24, 2.45) is 11.7 Å². The van der Waals surface area contributed by atoms with Gasteiger partial charge in [0.15, 0.2) is 0 Å². The monoisotopic (exact) mass is 272 g/mol. The SMILES string of the molecule is NC(=O)C1CCN(S(=O)(=O)c2ccccc2F)C1. The number of carbonyl (C=O) groups excluding carboxylic acids is 1. The van der Waals surface area contributed by atoms with Crippen LogP contribution in [0, 0.1) is 11.7 Å². The van der Waals surface area contributed by atoms with Gasteiger partial charge < -0.3 is 5.73 Å². The molecule has 7 heteroatoms. The number of carbonyl (C=O) groups is 1. The van der Waals surface area contributed by atoms with Crippen LogP contribution in [0.5, 0.6) is 0 Å². The van der Waals surface area contributed by atoms with Crippen LogP contribution in [0.3, 0.4) is 0 Å². The number of amides is 1. The molecule has 5 nitrogen and oxygen atoms in total. The lowest BCUT2D eigenvalue weighted by molar-refractivity contribution is -0.121. The molecular formula is C11H13FN2O3S. The van der Waals surface area contributed by atoms with E-state index in [9.17, 15) is 17.6 Å². The highest BCUT2D eigenvalue weighted by Gasteiger charge is 2.35. The second-order valence-electron chi connectivity index (χ2n) is 4.18. The molecule has 0 saturated carbocycles. The van der Waals surface area contributed by atoms with Crippen LogP contribution in [-0.4, -0.2) is 31.7 Å². The molecule has 0 bridgehead atoms. The van der Waals surface area contributed by atoms with Crippen molar-refractivity contribution in [2.75, 3.05) is 13.1 Å². The largest absolute Gasteiger partial charge is 0.369 e. The lowest BCUT2D eigenvalue weighted by atomic mass is 10.1. The van der Waals surface area contributed by atoms with E-state index in [0.29, 0.717) is 6.42 Å². The topological polar surface area (TPSA) is 80.5 Å². The van der Waals surface area contributed by atoms with Gasteiger partial charge in [-0.3, -0.25) is 4.79 Å². The van der Waals surface area contributed by atoms with E-state index in [1.807, 2.05) is 0 Å². The summed E-state index contributed by atoms with van der Waals surface area (Å²) in [6, 6.07) is 5.18. The number of halogens is 1. The zero-order chi connectivity index (χ0) is 13.3. The molecule has 0 aromatic heterocycles. The van der Waals surface area contributed by atoms with E-state index in [0.717, 1.165) is 10.4 Å². The van der Waals surface area contributed by atoms with Crippen LogP contribution >= 0.6 is 0 Å². The molecule has 1 aliphatic rings. The minimum atomic E-state index is -3.89. The zero-order valence-corrected chi connectivity index (χ0v) is 10.4. The number of benzene rings is 1. The predicted octanol–water partition coefficient (Wildman–Crippen LogP) is 0.322. The molecule has 2 rings (SSSR count). The van der Waals surface area contributed by atoms with E-state index >= 15 is 0 Å². The summed E-state index contributed by atoms with van der Waals surface area (Å²) in [6.07, 6.45) is 0.378. The van der Waals surface area contributed by atoms with Crippen molar-refractivity contribution in [1.29, 1.82) is 0 Å². The average Bonchev–Trinajstić information content (AvgIpc) is 2.79. The third kappa shape index (κ3) is 2.23. The number of sulfonamides is 1. The lowest BCUT2D eigenvalue weighted by Crippen LogP contribution is -2.32. The molecule has 1 aliphatic heterocycles. The van der Waals surface area contributed by atoms with Gasteiger partial charge in [-0.25, -0.2) is 12.8 Å². The van der Waals surface area contributed by atoms with Crippen LogP contribution < -0.4 is 5.73 Å². The summed E-state index contributed by atoms with van der Waals surface area (Å²) in [5, 5.41) is 0. The van der Waals surface area contributed by atoms with Gasteiger partial charge in [-0.2, -0.15) is 4.31 Å². The fourth-order valence-electron chi connectivity index (χ4n) is 1.97. The van der Waals surface area contributed by atoms with Crippen molar-refractivity contribution in [3.8, 4) is 0 Å². The first-order valence-corrected chi connectivity index (χ1v) is 6.91. The third-order valence-electron chi connectivity index (χ3n) is 3.01. The molecule has 1 saturated heterocycles. The Morgan fingerprint density at radius 1 is 1.39 bits per heavy atom. The Morgan fingerprint density at radius 3 is 2.61 bits per heavy atom. The van der Waals surface area contributed by atoms with Gasteiger partial charge in [0, 0.05) is 13.1 Å². The molecule has 1 amide bonds. The summed E-state index contributed by atoms with van der Waals surface area (Å²) in [6.45, 7) is 0.205. The van der Waals surface area contributed by atoms with Gasteiger partial charge in [-0.15, -0.1) is 0 Å². The van der Waals surface area contributed by atoms with E-state index in [1.165, 1.54) is 18.2 Å². The first kappa shape index (κ1) is 13.0. The minimum Gasteiger partial charge on any atom is -0.369 e. The van der Waals surface area contributed by atoms with Crippen LogP contribution in [0.15, 0.2) is 29.2 Å². The molecule has 0 radical (unpaired) electrons. The van der Waals surface area contributed by atoms with E-state index in [4.69, 9.17) is 5.73 Å². The summed E-state index contributed by atoms with van der Waals surface area (Å²) in [5.74, 6) is -1.81. The Labute approximate surface area is 104 Å². The molecule has 1 heterocycles. The second-order valence-corrected chi connectivity index (χ2v) is 6.09. The number of rotatable bonds is 3. The zero-order valence-electron chi connectivity index (χ0n) is 9.54. The number of nitrogens with two attached hydrogens (primary N) is 1. The highest BCUT2D eigenvalue weighted by atomic mass is 32.2. The molecule has 1 aromatic carbocycles. The summed E-state index contributed by atoms with van der Waals surface area (Å²) in [4.78, 5) is 10.6. The molecule has 1 atom stereocenters. The van der Waals surface area contributed by atoms with Gasteiger partial charge in [0.05, 0.1) is 5.92 Å². The first-order valence-electron chi connectivity index (χ1n) is 5.47. The van der Waals surface area contributed by atoms with Gasteiger partial charge in [-0.1, -0.05) is 12.1 Å². The van der Waals surface area contributed by atoms with E-state index in [-0.39, 0.29) is 18.0 Å². The first-order chi connectivity index (χ1) is 8.43. The third-order valence-corrected chi connectivity index (χ3v) is 4.91. The maximum absolute atomic E-state index is 13.5. The summed E-state index contributed by atoms with van der Waals surface area (Å²) in [5.41, 5.74) is 5.14. The Balaban J connectivity index is 2.29. The van der Waals surface area contributed by atoms with Crippen molar-refractivity contribution in [1.82, 2.24) is 4.31 Å². The average molecular weight is 272 g/mol. The van der Waals surface area contributed by atoms with Crippen molar-refractivity contribution in [3.63, 3.8) is 0 Å². The maximum Gasteiger partial charge on any atom is 0.246 e. The highest BCUT2D eigenvalue weighted by Crippen LogP contribution is 2.25. The molecule has 2 N–H and O–H groups in total. The smallest absolute Gasteiger partial charge is 0.246 e. The number of nitrogens with zero attached hydrogens (tertiary/aromatic N) is 1.